The van der Waals surface area contributed by atoms with Gasteiger partial charge in [-0.3, -0.25) is 9.52 Å². The molecule has 0 aliphatic rings. The summed E-state index contributed by atoms with van der Waals surface area (Å²) in [5, 5.41) is 2.72. The fourth-order valence-corrected chi connectivity index (χ4v) is 3.68. The van der Waals surface area contributed by atoms with Crippen molar-refractivity contribution in [2.45, 2.75) is 11.8 Å². The summed E-state index contributed by atoms with van der Waals surface area (Å²) in [6.07, 6.45) is 0. The second-order valence-corrected chi connectivity index (χ2v) is 7.78. The van der Waals surface area contributed by atoms with Gasteiger partial charge in [-0.25, -0.2) is 8.42 Å². The minimum atomic E-state index is -3.71. The number of para-hydroxylation sites is 2. The van der Waals surface area contributed by atoms with E-state index in [2.05, 4.69) is 10.0 Å². The Morgan fingerprint density at radius 3 is 2.11 bits per heavy atom. The molecule has 0 heterocycles. The molecule has 0 bridgehead atoms. The molecule has 0 atom stereocenters. The third-order valence-corrected chi connectivity index (χ3v) is 5.28. The molecule has 144 valence electrons. The molecule has 7 heteroatoms. The van der Waals surface area contributed by atoms with Crippen molar-refractivity contribution < 1.29 is 17.9 Å². The van der Waals surface area contributed by atoms with Crippen LogP contribution in [-0.4, -0.2) is 20.9 Å². The maximum Gasteiger partial charge on any atom is 0.262 e. The second-order valence-electron chi connectivity index (χ2n) is 6.10. The van der Waals surface area contributed by atoms with Gasteiger partial charge >= 0.3 is 0 Å². The van der Waals surface area contributed by atoms with Crippen LogP contribution in [0.25, 0.3) is 0 Å². The van der Waals surface area contributed by atoms with Crippen LogP contribution in [0.4, 0.5) is 11.4 Å². The number of carbonyl (C=O) groups excluding carboxylic acids is 1. The quantitative estimate of drug-likeness (QED) is 0.636. The molecule has 0 saturated carbocycles. The summed E-state index contributed by atoms with van der Waals surface area (Å²) in [6.45, 7) is 1.55. The van der Waals surface area contributed by atoms with Gasteiger partial charge in [-0.1, -0.05) is 36.4 Å². The molecular weight excluding hydrogens is 376 g/mol. The lowest BCUT2D eigenvalue weighted by Crippen LogP contribution is -2.20. The van der Waals surface area contributed by atoms with Gasteiger partial charge in [0.2, 0.25) is 0 Å². The lowest BCUT2D eigenvalue weighted by Gasteiger charge is -2.12. The molecule has 3 aromatic carbocycles. The van der Waals surface area contributed by atoms with Crippen LogP contribution in [0, 0.1) is 6.92 Å². The van der Waals surface area contributed by atoms with Crippen LogP contribution in [0.3, 0.4) is 0 Å². The second kappa shape index (κ2) is 8.58. The molecule has 1 amide bonds. The normalized spacial score (nSPS) is 10.9. The Kier molecular flexibility index (Phi) is 5.96. The molecule has 0 unspecified atom stereocenters. The summed E-state index contributed by atoms with van der Waals surface area (Å²) in [5.74, 6) is 0.148. The van der Waals surface area contributed by atoms with Crippen molar-refractivity contribution in [3.63, 3.8) is 0 Å². The highest BCUT2D eigenvalue weighted by Crippen LogP contribution is 2.23. The molecule has 0 aliphatic heterocycles. The number of hydrogen-bond donors (Lipinski definition) is 2. The number of aryl methyl sites for hydroxylation is 1. The third kappa shape index (κ3) is 5.11. The minimum absolute atomic E-state index is 0.120. The lowest BCUT2D eigenvalue weighted by atomic mass is 10.2. The lowest BCUT2D eigenvalue weighted by molar-refractivity contribution is -0.118. The summed E-state index contributed by atoms with van der Waals surface area (Å²) in [4.78, 5) is 12.1. The monoisotopic (exact) mass is 396 g/mol. The van der Waals surface area contributed by atoms with Gasteiger partial charge in [0, 0.05) is 11.4 Å². The van der Waals surface area contributed by atoms with E-state index in [1.165, 1.54) is 12.1 Å². The van der Waals surface area contributed by atoms with Crippen LogP contribution in [0.2, 0.25) is 0 Å². The van der Waals surface area contributed by atoms with Crippen molar-refractivity contribution in [2.75, 3.05) is 16.6 Å². The maximum atomic E-state index is 12.5. The Hall–Kier alpha value is -3.32. The number of hydrogen-bond acceptors (Lipinski definition) is 4. The van der Waals surface area contributed by atoms with Gasteiger partial charge in [0.05, 0.1) is 4.90 Å². The zero-order valence-corrected chi connectivity index (χ0v) is 16.1. The van der Waals surface area contributed by atoms with E-state index in [9.17, 15) is 13.2 Å². The SMILES string of the molecule is Cc1cc(S(=O)(=O)Nc2ccccc2)ccc1OCC(=O)Nc1ccccc1. The van der Waals surface area contributed by atoms with Crippen molar-refractivity contribution in [2.24, 2.45) is 0 Å². The molecule has 0 fully saturated rings. The van der Waals surface area contributed by atoms with Gasteiger partial charge in [0.25, 0.3) is 15.9 Å². The molecule has 0 saturated heterocycles. The first-order valence-corrected chi connectivity index (χ1v) is 10.1. The van der Waals surface area contributed by atoms with E-state index in [0.717, 1.165) is 0 Å². The number of ether oxygens (including phenoxy) is 1. The van der Waals surface area contributed by atoms with Crippen LogP contribution in [0.15, 0.2) is 83.8 Å². The Bertz CT molecular complexity index is 1050. The smallest absolute Gasteiger partial charge is 0.262 e. The molecule has 0 aliphatic carbocycles. The van der Waals surface area contributed by atoms with Crippen molar-refractivity contribution in [1.82, 2.24) is 0 Å². The fourth-order valence-electron chi connectivity index (χ4n) is 2.53. The summed E-state index contributed by atoms with van der Waals surface area (Å²) in [6, 6.07) is 22.2. The number of benzene rings is 3. The van der Waals surface area contributed by atoms with Crippen LogP contribution in [0.1, 0.15) is 5.56 Å². The van der Waals surface area contributed by atoms with Crippen LogP contribution >= 0.6 is 0 Å². The molecule has 28 heavy (non-hydrogen) atoms. The summed E-state index contributed by atoms with van der Waals surface area (Å²) in [7, 11) is -3.71. The van der Waals surface area contributed by atoms with Gasteiger partial charge in [-0.15, -0.1) is 0 Å². The van der Waals surface area contributed by atoms with Crippen LogP contribution < -0.4 is 14.8 Å². The number of amides is 1. The number of nitrogens with one attached hydrogen (secondary N) is 2. The average Bonchev–Trinajstić information content (AvgIpc) is 2.68. The summed E-state index contributed by atoms with van der Waals surface area (Å²) in [5.41, 5.74) is 1.78. The first kappa shape index (κ1) is 19.4. The molecule has 0 aromatic heterocycles. The number of carbonyl (C=O) groups is 1. The topological polar surface area (TPSA) is 84.5 Å². The van der Waals surface area contributed by atoms with Gasteiger partial charge in [0.15, 0.2) is 6.61 Å². The molecule has 3 rings (SSSR count). The predicted octanol–water partition coefficient (Wildman–Crippen LogP) is 3.81. The fraction of sp³-hybridized carbons (Fsp3) is 0.0952. The first-order valence-electron chi connectivity index (χ1n) is 8.60. The van der Waals surface area contributed by atoms with E-state index < -0.39 is 10.0 Å². The van der Waals surface area contributed by atoms with Crippen LogP contribution in [0.5, 0.6) is 5.75 Å². The predicted molar refractivity (Wildman–Crippen MR) is 109 cm³/mol. The largest absolute Gasteiger partial charge is 0.483 e. The zero-order valence-electron chi connectivity index (χ0n) is 15.3. The highest BCUT2D eigenvalue weighted by molar-refractivity contribution is 7.92. The average molecular weight is 396 g/mol. The van der Waals surface area contributed by atoms with Crippen molar-refractivity contribution >= 4 is 27.3 Å². The standard InChI is InChI=1S/C21H20N2O4S/c1-16-14-19(28(25,26)23-18-10-6-3-7-11-18)12-13-20(16)27-15-21(24)22-17-8-4-2-5-9-17/h2-14,23H,15H2,1H3,(H,22,24). The molecule has 2 N–H and O–H groups in total. The molecule has 6 nitrogen and oxygen atoms in total. The van der Waals surface area contributed by atoms with E-state index in [1.54, 1.807) is 49.4 Å². The third-order valence-electron chi connectivity index (χ3n) is 3.90. The van der Waals surface area contributed by atoms with Crippen molar-refractivity contribution in [3.05, 3.63) is 84.4 Å². The van der Waals surface area contributed by atoms with Gasteiger partial charge in [-0.2, -0.15) is 0 Å². The number of anilines is 2. The van der Waals surface area contributed by atoms with Crippen molar-refractivity contribution in [3.8, 4) is 5.75 Å². The summed E-state index contributed by atoms with van der Waals surface area (Å²) >= 11 is 0. The summed E-state index contributed by atoms with van der Waals surface area (Å²) < 4.78 is 33.1. The first-order chi connectivity index (χ1) is 13.4. The van der Waals surface area contributed by atoms with E-state index in [1.807, 2.05) is 24.3 Å². The minimum Gasteiger partial charge on any atom is -0.483 e. The van der Waals surface area contributed by atoms with Gasteiger partial charge < -0.3 is 10.1 Å². The van der Waals surface area contributed by atoms with E-state index >= 15 is 0 Å². The Balaban J connectivity index is 1.64. The Morgan fingerprint density at radius 1 is 0.893 bits per heavy atom. The van der Waals surface area contributed by atoms with Gasteiger partial charge in [0.1, 0.15) is 5.75 Å². The van der Waals surface area contributed by atoms with E-state index in [0.29, 0.717) is 22.7 Å². The number of sulfonamides is 1. The molecule has 3 aromatic rings. The Labute approximate surface area is 164 Å². The maximum absolute atomic E-state index is 12.5. The zero-order chi connectivity index (χ0) is 20.0. The number of rotatable bonds is 7. The van der Waals surface area contributed by atoms with Crippen LogP contribution in [-0.2, 0) is 14.8 Å². The van der Waals surface area contributed by atoms with E-state index in [-0.39, 0.29) is 17.4 Å². The van der Waals surface area contributed by atoms with Gasteiger partial charge in [-0.05, 0) is 55.0 Å². The molecule has 0 radical (unpaired) electrons. The highest BCUT2D eigenvalue weighted by Gasteiger charge is 2.16. The highest BCUT2D eigenvalue weighted by atomic mass is 32.2. The Morgan fingerprint density at radius 2 is 1.50 bits per heavy atom. The molecule has 0 spiro atoms. The molecular formula is C21H20N2O4S. The van der Waals surface area contributed by atoms with E-state index in [4.69, 9.17) is 4.74 Å². The van der Waals surface area contributed by atoms with Crippen molar-refractivity contribution in [1.29, 1.82) is 0 Å².